The molecule has 0 aromatic heterocycles. The van der Waals surface area contributed by atoms with Crippen LogP contribution in [-0.2, 0) is 9.63 Å². The van der Waals surface area contributed by atoms with Crippen LogP contribution in [0.25, 0.3) is 0 Å². The Morgan fingerprint density at radius 2 is 2.17 bits per heavy atom. The molecule has 4 aliphatic carbocycles. The molecule has 0 amide bonds. The average molecular weight is 317 g/mol. The molecular weight excluding hydrogens is 290 g/mol. The maximum absolute atomic E-state index is 11.8. The van der Waals surface area contributed by atoms with Crippen LogP contribution in [0.2, 0.25) is 0 Å². The highest BCUT2D eigenvalue weighted by atomic mass is 16.6. The van der Waals surface area contributed by atoms with Crippen molar-refractivity contribution in [2.24, 2.45) is 40.9 Å². The van der Waals surface area contributed by atoms with Crippen LogP contribution >= 0.6 is 0 Å². The Kier molecular flexibility index (Phi) is 3.74. The van der Waals surface area contributed by atoms with Gasteiger partial charge in [-0.05, 0) is 67.4 Å². The van der Waals surface area contributed by atoms with E-state index in [1.165, 1.54) is 5.57 Å². The lowest BCUT2D eigenvalue weighted by Crippen LogP contribution is -2.49. The van der Waals surface area contributed by atoms with Crippen LogP contribution in [0.5, 0.6) is 0 Å². The van der Waals surface area contributed by atoms with E-state index in [1.807, 2.05) is 6.08 Å². The van der Waals surface area contributed by atoms with Gasteiger partial charge >= 0.3 is 0 Å². The Hall–Kier alpha value is -0.970. The first-order valence-corrected chi connectivity index (χ1v) is 8.98. The van der Waals surface area contributed by atoms with Gasteiger partial charge in [-0.25, -0.2) is 5.90 Å². The number of allylic oxidation sites excluding steroid dienone is 3. The first-order valence-electron chi connectivity index (χ1n) is 8.98. The predicted molar refractivity (Wildman–Crippen MR) is 87.0 cm³/mol. The predicted octanol–water partition coefficient (Wildman–Crippen LogP) is 2.38. The minimum atomic E-state index is -0.155. The van der Waals surface area contributed by atoms with E-state index >= 15 is 0 Å². The monoisotopic (exact) mass is 317 g/mol. The fraction of sp³-hybridized carbons (Fsp3) is 0.737. The van der Waals surface area contributed by atoms with Crippen molar-refractivity contribution in [1.82, 2.24) is 0 Å². The number of carbonyl (C=O) groups is 1. The summed E-state index contributed by atoms with van der Waals surface area (Å²) in [6.45, 7) is 2.77. The molecular formula is C19H27NO3. The second-order valence-corrected chi connectivity index (χ2v) is 8.27. The van der Waals surface area contributed by atoms with E-state index in [2.05, 4.69) is 13.0 Å². The smallest absolute Gasteiger partial charge is 0.178 e. The molecule has 4 aliphatic rings. The highest BCUT2D eigenvalue weighted by Gasteiger charge is 2.56. The van der Waals surface area contributed by atoms with E-state index in [0.717, 1.165) is 32.1 Å². The Morgan fingerprint density at radius 3 is 2.96 bits per heavy atom. The Labute approximate surface area is 137 Å². The highest BCUT2D eigenvalue weighted by Crippen LogP contribution is 2.62. The maximum atomic E-state index is 11.8. The van der Waals surface area contributed by atoms with Crippen LogP contribution in [0, 0.1) is 35.0 Å². The van der Waals surface area contributed by atoms with Crippen LogP contribution in [0.15, 0.2) is 23.8 Å². The first-order chi connectivity index (χ1) is 11.0. The molecule has 0 aromatic carbocycles. The van der Waals surface area contributed by atoms with E-state index in [-0.39, 0.29) is 23.2 Å². The lowest BCUT2D eigenvalue weighted by atomic mass is 9.51. The van der Waals surface area contributed by atoms with Gasteiger partial charge in [0.25, 0.3) is 0 Å². The summed E-state index contributed by atoms with van der Waals surface area (Å²) in [4.78, 5) is 16.8. The molecule has 0 aromatic rings. The van der Waals surface area contributed by atoms with Crippen LogP contribution in [0.3, 0.4) is 0 Å². The summed E-state index contributed by atoms with van der Waals surface area (Å²) in [5.41, 5.74) is 1.30. The van der Waals surface area contributed by atoms with E-state index in [4.69, 9.17) is 10.7 Å². The zero-order chi connectivity index (χ0) is 16.2. The summed E-state index contributed by atoms with van der Waals surface area (Å²) in [5, 5.41) is 10.5. The molecule has 126 valence electrons. The molecule has 0 bridgehead atoms. The number of nitrogens with two attached hydrogens (primary N) is 1. The van der Waals surface area contributed by atoms with Gasteiger partial charge in [0.15, 0.2) is 5.78 Å². The number of ketones is 1. The largest absolute Gasteiger partial charge is 0.393 e. The molecule has 3 fully saturated rings. The van der Waals surface area contributed by atoms with Crippen molar-refractivity contribution in [3.8, 4) is 0 Å². The second kappa shape index (κ2) is 5.54. The molecule has 3 N–H and O–H groups in total. The van der Waals surface area contributed by atoms with Gasteiger partial charge in [0.05, 0.1) is 12.7 Å². The number of aliphatic hydroxyl groups excluding tert-OH is 1. The molecule has 4 rings (SSSR count). The van der Waals surface area contributed by atoms with E-state index in [0.29, 0.717) is 30.3 Å². The van der Waals surface area contributed by atoms with Gasteiger partial charge in [-0.1, -0.05) is 18.6 Å². The van der Waals surface area contributed by atoms with Crippen molar-refractivity contribution < 1.29 is 14.7 Å². The van der Waals surface area contributed by atoms with Gasteiger partial charge < -0.3 is 9.94 Å². The third kappa shape index (κ3) is 2.26. The summed E-state index contributed by atoms with van der Waals surface area (Å²) >= 11 is 0. The minimum absolute atomic E-state index is 0.0741. The molecule has 0 aliphatic heterocycles. The van der Waals surface area contributed by atoms with Crippen LogP contribution in [0.4, 0.5) is 0 Å². The number of aliphatic hydroxyl groups is 1. The number of carbonyl (C=O) groups excluding carboxylic acids is 1. The molecule has 4 heteroatoms. The van der Waals surface area contributed by atoms with E-state index in [9.17, 15) is 9.90 Å². The summed E-state index contributed by atoms with van der Waals surface area (Å²) in [6, 6.07) is 0. The molecule has 3 saturated carbocycles. The number of hydrogen-bond acceptors (Lipinski definition) is 4. The SMILES string of the molecule is C[C@]12CC[C@@H]3C4C=CC(=O)C=C4[C@@H](CON)C[C@H]3[C@@H]1CCC2O. The maximum Gasteiger partial charge on any atom is 0.178 e. The third-order valence-electron chi connectivity index (χ3n) is 7.39. The van der Waals surface area contributed by atoms with Gasteiger partial charge in [0.2, 0.25) is 0 Å². The number of hydrogen-bond donors (Lipinski definition) is 2. The summed E-state index contributed by atoms with van der Waals surface area (Å²) in [6.07, 6.45) is 10.9. The molecule has 0 spiro atoms. The van der Waals surface area contributed by atoms with Gasteiger partial charge in [0, 0.05) is 11.8 Å². The summed E-state index contributed by atoms with van der Waals surface area (Å²) in [7, 11) is 0. The van der Waals surface area contributed by atoms with Crippen LogP contribution in [-0.4, -0.2) is 23.6 Å². The summed E-state index contributed by atoms with van der Waals surface area (Å²) in [5.74, 6) is 7.84. The van der Waals surface area contributed by atoms with Crippen molar-refractivity contribution in [2.45, 2.75) is 45.1 Å². The molecule has 0 heterocycles. The van der Waals surface area contributed by atoms with Crippen molar-refractivity contribution in [1.29, 1.82) is 0 Å². The first kappa shape index (κ1) is 15.6. The second-order valence-electron chi connectivity index (χ2n) is 8.27. The average Bonchev–Trinajstić information content (AvgIpc) is 2.83. The van der Waals surface area contributed by atoms with E-state index in [1.54, 1.807) is 6.08 Å². The fourth-order valence-electron chi connectivity index (χ4n) is 6.22. The number of rotatable bonds is 2. The zero-order valence-corrected chi connectivity index (χ0v) is 13.8. The number of fused-ring (bicyclic) bond motifs is 5. The van der Waals surface area contributed by atoms with Crippen molar-refractivity contribution >= 4 is 5.78 Å². The lowest BCUT2D eigenvalue weighted by Gasteiger charge is -2.54. The topological polar surface area (TPSA) is 72.5 Å². The Balaban J connectivity index is 1.68. The fourth-order valence-corrected chi connectivity index (χ4v) is 6.22. The standard InChI is InChI=1S/C19H27NO3/c1-19-7-6-14-13-3-2-12(21)9-15(13)11(10-23-20)8-16(14)17(19)4-5-18(19)22/h2-3,9,11,13-14,16-18,22H,4-8,10,20H2,1H3/t11-,13?,14-,16-,17+,18?,19+/m1/s1. The van der Waals surface area contributed by atoms with Gasteiger partial charge in [-0.15, -0.1) is 0 Å². The van der Waals surface area contributed by atoms with Crippen molar-refractivity contribution in [3.63, 3.8) is 0 Å². The molecule has 7 atom stereocenters. The highest BCUT2D eigenvalue weighted by molar-refractivity contribution is 6.01. The van der Waals surface area contributed by atoms with Crippen molar-refractivity contribution in [2.75, 3.05) is 6.61 Å². The Morgan fingerprint density at radius 1 is 1.35 bits per heavy atom. The van der Waals surface area contributed by atoms with E-state index < -0.39 is 0 Å². The molecule has 0 radical (unpaired) electrons. The molecule has 2 unspecified atom stereocenters. The van der Waals surface area contributed by atoms with Gasteiger partial charge in [-0.3, -0.25) is 4.79 Å². The minimum Gasteiger partial charge on any atom is -0.393 e. The molecule has 0 saturated heterocycles. The van der Waals surface area contributed by atoms with Crippen LogP contribution in [0.1, 0.15) is 39.0 Å². The molecule has 23 heavy (non-hydrogen) atoms. The Bertz CT molecular complexity index is 569. The van der Waals surface area contributed by atoms with Crippen molar-refractivity contribution in [3.05, 3.63) is 23.8 Å². The zero-order valence-electron chi connectivity index (χ0n) is 13.8. The quantitative estimate of drug-likeness (QED) is 0.767. The van der Waals surface area contributed by atoms with Crippen LogP contribution < -0.4 is 5.90 Å². The normalized spacial score (nSPS) is 48.5. The van der Waals surface area contributed by atoms with Gasteiger partial charge in [-0.2, -0.15) is 0 Å². The lowest BCUT2D eigenvalue weighted by molar-refractivity contribution is -0.111. The third-order valence-corrected chi connectivity index (χ3v) is 7.39. The van der Waals surface area contributed by atoms with Gasteiger partial charge in [0.1, 0.15) is 0 Å². The summed E-state index contributed by atoms with van der Waals surface area (Å²) < 4.78 is 0. The molecule has 4 nitrogen and oxygen atoms in total.